The number of carbonyl (C=O) groups excluding carboxylic acids is 4. The van der Waals surface area contributed by atoms with E-state index in [2.05, 4.69) is 5.32 Å². The molecule has 1 saturated heterocycles. The van der Waals surface area contributed by atoms with Crippen molar-refractivity contribution in [3.8, 4) is 5.75 Å². The van der Waals surface area contributed by atoms with Gasteiger partial charge in [0, 0.05) is 6.42 Å². The van der Waals surface area contributed by atoms with Crippen LogP contribution in [-0.2, 0) is 9.59 Å². The predicted octanol–water partition coefficient (Wildman–Crippen LogP) is -0.185. The quantitative estimate of drug-likeness (QED) is 0.570. The first-order valence-electron chi connectivity index (χ1n) is 7.71. The Labute approximate surface area is 137 Å². The van der Waals surface area contributed by atoms with E-state index in [1.807, 2.05) is 0 Å². The highest BCUT2D eigenvalue weighted by Gasteiger charge is 2.44. The molecule has 0 spiro atoms. The van der Waals surface area contributed by atoms with E-state index in [0.29, 0.717) is 25.3 Å². The minimum atomic E-state index is -0.961. The summed E-state index contributed by atoms with van der Waals surface area (Å²) in [6, 6.07) is 3.66. The molecule has 3 rings (SSSR count). The molecule has 1 aromatic rings. The Bertz CT molecular complexity index is 730. The number of amides is 4. The molecular formula is C16H17N3O5. The maximum atomic E-state index is 12.6. The monoisotopic (exact) mass is 331 g/mol. The van der Waals surface area contributed by atoms with Crippen molar-refractivity contribution in [3.05, 3.63) is 29.3 Å². The molecule has 0 bridgehead atoms. The molecule has 2 aliphatic heterocycles. The average molecular weight is 331 g/mol. The van der Waals surface area contributed by atoms with Gasteiger partial charge in [-0.05, 0) is 37.6 Å². The zero-order valence-corrected chi connectivity index (χ0v) is 12.9. The molecule has 2 heterocycles. The highest BCUT2D eigenvalue weighted by atomic mass is 16.5. The van der Waals surface area contributed by atoms with Crippen molar-refractivity contribution in [1.29, 1.82) is 0 Å². The van der Waals surface area contributed by atoms with Crippen molar-refractivity contribution in [2.75, 3.05) is 13.2 Å². The Kier molecular flexibility index (Phi) is 4.30. The molecule has 0 aromatic heterocycles. The molecule has 1 atom stereocenters. The van der Waals surface area contributed by atoms with Gasteiger partial charge < -0.3 is 10.5 Å². The van der Waals surface area contributed by atoms with Gasteiger partial charge >= 0.3 is 0 Å². The molecule has 0 saturated carbocycles. The van der Waals surface area contributed by atoms with E-state index < -0.39 is 29.7 Å². The second-order valence-electron chi connectivity index (χ2n) is 5.65. The summed E-state index contributed by atoms with van der Waals surface area (Å²) in [6.45, 7) is 0.903. The second kappa shape index (κ2) is 6.40. The maximum absolute atomic E-state index is 12.6. The number of nitrogens with zero attached hydrogens (tertiary/aromatic N) is 1. The van der Waals surface area contributed by atoms with Crippen LogP contribution in [0.5, 0.6) is 5.75 Å². The smallest absolute Gasteiger partial charge is 0.262 e. The van der Waals surface area contributed by atoms with Gasteiger partial charge in [-0.2, -0.15) is 0 Å². The number of nitrogens with two attached hydrogens (primary N) is 1. The minimum Gasteiger partial charge on any atom is -0.494 e. The molecule has 3 N–H and O–H groups in total. The normalized spacial score (nSPS) is 20.2. The molecule has 0 radical (unpaired) electrons. The first-order valence-corrected chi connectivity index (χ1v) is 7.71. The summed E-state index contributed by atoms with van der Waals surface area (Å²) in [5.41, 5.74) is 5.84. The van der Waals surface area contributed by atoms with Crippen LogP contribution in [0.2, 0.25) is 0 Å². The molecular weight excluding hydrogens is 314 g/mol. The zero-order valence-electron chi connectivity index (χ0n) is 12.9. The first kappa shape index (κ1) is 16.1. The number of fused-ring (bicyclic) bond motifs is 1. The molecule has 8 heteroatoms. The third kappa shape index (κ3) is 2.76. The summed E-state index contributed by atoms with van der Waals surface area (Å²) in [5.74, 6) is -1.64. The lowest BCUT2D eigenvalue weighted by molar-refractivity contribution is -0.136. The Morgan fingerprint density at radius 1 is 1.17 bits per heavy atom. The van der Waals surface area contributed by atoms with Gasteiger partial charge in [0.2, 0.25) is 11.8 Å². The number of piperidine rings is 1. The maximum Gasteiger partial charge on any atom is 0.262 e. The Morgan fingerprint density at radius 3 is 2.62 bits per heavy atom. The average Bonchev–Trinajstić information content (AvgIpc) is 2.80. The molecule has 1 unspecified atom stereocenters. The van der Waals surface area contributed by atoms with Crippen LogP contribution < -0.4 is 15.8 Å². The summed E-state index contributed by atoms with van der Waals surface area (Å²) >= 11 is 0. The van der Waals surface area contributed by atoms with E-state index >= 15 is 0 Å². The van der Waals surface area contributed by atoms with E-state index in [1.165, 1.54) is 12.1 Å². The largest absolute Gasteiger partial charge is 0.494 e. The number of hydrogen-bond donors (Lipinski definition) is 2. The van der Waals surface area contributed by atoms with E-state index in [9.17, 15) is 19.2 Å². The lowest BCUT2D eigenvalue weighted by atomic mass is 10.0. The molecule has 8 nitrogen and oxygen atoms in total. The van der Waals surface area contributed by atoms with Gasteiger partial charge in [0.25, 0.3) is 11.8 Å². The summed E-state index contributed by atoms with van der Waals surface area (Å²) in [6.07, 6.45) is 0.902. The van der Waals surface area contributed by atoms with Crippen LogP contribution in [-0.4, -0.2) is 47.7 Å². The Balaban J connectivity index is 1.83. The van der Waals surface area contributed by atoms with Crippen molar-refractivity contribution in [1.82, 2.24) is 10.2 Å². The Hall–Kier alpha value is -2.74. The fraction of sp³-hybridized carbons (Fsp3) is 0.375. The third-order valence-electron chi connectivity index (χ3n) is 4.03. The van der Waals surface area contributed by atoms with Crippen LogP contribution in [0.15, 0.2) is 18.2 Å². The van der Waals surface area contributed by atoms with Gasteiger partial charge in [-0.1, -0.05) is 0 Å². The highest BCUT2D eigenvalue weighted by Crippen LogP contribution is 2.30. The van der Waals surface area contributed by atoms with Gasteiger partial charge in [-0.3, -0.25) is 29.4 Å². The van der Waals surface area contributed by atoms with Crippen LogP contribution in [0.25, 0.3) is 0 Å². The zero-order chi connectivity index (χ0) is 17.3. The summed E-state index contributed by atoms with van der Waals surface area (Å²) in [5, 5.41) is 2.16. The number of benzene rings is 1. The Morgan fingerprint density at radius 2 is 1.92 bits per heavy atom. The van der Waals surface area contributed by atoms with Crippen LogP contribution >= 0.6 is 0 Å². The van der Waals surface area contributed by atoms with Gasteiger partial charge in [0.05, 0.1) is 17.7 Å². The highest BCUT2D eigenvalue weighted by molar-refractivity contribution is 6.23. The third-order valence-corrected chi connectivity index (χ3v) is 4.03. The summed E-state index contributed by atoms with van der Waals surface area (Å²) in [7, 11) is 0. The van der Waals surface area contributed by atoms with Crippen LogP contribution in [0, 0.1) is 0 Å². The number of imide groups is 2. The van der Waals surface area contributed by atoms with Crippen molar-refractivity contribution in [2.45, 2.75) is 25.3 Å². The SMILES string of the molecule is NCCCOc1ccc2c(c1)C(=O)N(C1CCC(=O)NC1=O)C2=O. The van der Waals surface area contributed by atoms with Crippen LogP contribution in [0.3, 0.4) is 0 Å². The fourth-order valence-electron chi connectivity index (χ4n) is 2.81. The summed E-state index contributed by atoms with van der Waals surface area (Å²) in [4.78, 5) is 49.2. The van der Waals surface area contributed by atoms with Crippen LogP contribution in [0.4, 0.5) is 0 Å². The summed E-state index contributed by atoms with van der Waals surface area (Å²) < 4.78 is 5.49. The lowest BCUT2D eigenvalue weighted by Gasteiger charge is -2.27. The fourth-order valence-corrected chi connectivity index (χ4v) is 2.81. The molecule has 24 heavy (non-hydrogen) atoms. The van der Waals surface area contributed by atoms with E-state index in [0.717, 1.165) is 4.90 Å². The van der Waals surface area contributed by atoms with Crippen LogP contribution in [0.1, 0.15) is 40.0 Å². The second-order valence-corrected chi connectivity index (χ2v) is 5.65. The molecule has 2 aliphatic rings. The van der Waals surface area contributed by atoms with Gasteiger partial charge in [0.15, 0.2) is 0 Å². The number of ether oxygens (including phenoxy) is 1. The van der Waals surface area contributed by atoms with E-state index in [1.54, 1.807) is 6.07 Å². The molecule has 1 fully saturated rings. The number of rotatable bonds is 5. The molecule has 126 valence electrons. The first-order chi connectivity index (χ1) is 11.5. The standard InChI is InChI=1S/C16H17N3O5/c17-6-1-7-24-9-2-3-10-11(8-9)16(23)19(15(10)22)12-4-5-13(20)18-14(12)21/h2-3,8,12H,1,4-7,17H2,(H,18,20,21). The van der Waals surface area contributed by atoms with Gasteiger partial charge in [0.1, 0.15) is 11.8 Å². The topological polar surface area (TPSA) is 119 Å². The van der Waals surface area contributed by atoms with Crippen molar-refractivity contribution in [3.63, 3.8) is 0 Å². The number of hydrogen-bond acceptors (Lipinski definition) is 6. The number of carbonyl (C=O) groups is 4. The molecule has 4 amide bonds. The van der Waals surface area contributed by atoms with Gasteiger partial charge in [-0.25, -0.2) is 0 Å². The van der Waals surface area contributed by atoms with Crippen molar-refractivity contribution in [2.24, 2.45) is 5.73 Å². The molecule has 0 aliphatic carbocycles. The van der Waals surface area contributed by atoms with Crippen molar-refractivity contribution >= 4 is 23.6 Å². The number of nitrogens with one attached hydrogen (secondary N) is 1. The van der Waals surface area contributed by atoms with E-state index in [-0.39, 0.29) is 24.0 Å². The predicted molar refractivity (Wildman–Crippen MR) is 82.3 cm³/mol. The van der Waals surface area contributed by atoms with Gasteiger partial charge in [-0.15, -0.1) is 0 Å². The molecule has 1 aromatic carbocycles. The van der Waals surface area contributed by atoms with Crippen molar-refractivity contribution < 1.29 is 23.9 Å². The van der Waals surface area contributed by atoms with E-state index in [4.69, 9.17) is 10.5 Å². The lowest BCUT2D eigenvalue weighted by Crippen LogP contribution is -2.54. The minimum absolute atomic E-state index is 0.0945.